The van der Waals surface area contributed by atoms with Gasteiger partial charge in [0.1, 0.15) is 0 Å². The van der Waals surface area contributed by atoms with Gasteiger partial charge in [-0.2, -0.15) is 0 Å². The van der Waals surface area contributed by atoms with E-state index in [0.717, 1.165) is 6.54 Å². The minimum Gasteiger partial charge on any atom is -0.494 e. The highest BCUT2D eigenvalue weighted by Crippen LogP contribution is 2.25. The van der Waals surface area contributed by atoms with E-state index in [4.69, 9.17) is 9.15 Å². The van der Waals surface area contributed by atoms with Crippen molar-refractivity contribution in [2.45, 2.75) is 19.9 Å². The molecule has 0 bridgehead atoms. The van der Waals surface area contributed by atoms with Crippen LogP contribution >= 0.6 is 0 Å². The number of halogens is 1. The lowest BCUT2D eigenvalue weighted by Gasteiger charge is -2.06. The molecule has 5 nitrogen and oxygen atoms in total. The second-order valence-electron chi connectivity index (χ2n) is 4.07. The molecular formula is C13H16FN3O2. The van der Waals surface area contributed by atoms with Gasteiger partial charge in [-0.1, -0.05) is 6.92 Å². The Bertz CT molecular complexity index is 557. The molecule has 0 fully saturated rings. The second-order valence-corrected chi connectivity index (χ2v) is 4.07. The Morgan fingerprint density at radius 1 is 1.42 bits per heavy atom. The summed E-state index contributed by atoms with van der Waals surface area (Å²) in [6.07, 6.45) is 0. The number of rotatable bonds is 5. The summed E-state index contributed by atoms with van der Waals surface area (Å²) in [7, 11) is 1.42. The molecule has 1 N–H and O–H groups in total. The van der Waals surface area contributed by atoms with Gasteiger partial charge >= 0.3 is 0 Å². The maximum absolute atomic E-state index is 13.6. The standard InChI is InChI=1S/C13H16FN3O2/c1-4-15-8(2)12-16-17-13(19-12)9-5-6-11(18-3)10(14)7-9/h5-8,15H,4H2,1-3H3. The minimum absolute atomic E-state index is 0.0330. The second kappa shape index (κ2) is 5.79. The molecule has 19 heavy (non-hydrogen) atoms. The molecule has 1 unspecified atom stereocenters. The van der Waals surface area contributed by atoms with Crippen molar-refractivity contribution in [2.24, 2.45) is 0 Å². The van der Waals surface area contributed by atoms with Gasteiger partial charge in [0.2, 0.25) is 11.8 Å². The van der Waals surface area contributed by atoms with E-state index >= 15 is 0 Å². The highest BCUT2D eigenvalue weighted by molar-refractivity contribution is 5.54. The summed E-state index contributed by atoms with van der Waals surface area (Å²) < 4.78 is 24.0. The molecule has 2 rings (SSSR count). The third kappa shape index (κ3) is 2.90. The molecule has 102 valence electrons. The van der Waals surface area contributed by atoms with Crippen LogP contribution in [0.4, 0.5) is 4.39 Å². The van der Waals surface area contributed by atoms with Crippen LogP contribution in [-0.2, 0) is 0 Å². The summed E-state index contributed by atoms with van der Waals surface area (Å²) in [4.78, 5) is 0. The predicted molar refractivity (Wildman–Crippen MR) is 68.3 cm³/mol. The van der Waals surface area contributed by atoms with Gasteiger partial charge in [0.25, 0.3) is 0 Å². The normalized spacial score (nSPS) is 12.4. The highest BCUT2D eigenvalue weighted by Gasteiger charge is 2.15. The largest absolute Gasteiger partial charge is 0.494 e. The zero-order chi connectivity index (χ0) is 13.8. The average Bonchev–Trinajstić information content (AvgIpc) is 2.88. The van der Waals surface area contributed by atoms with Gasteiger partial charge in [-0.15, -0.1) is 10.2 Å². The first-order valence-corrected chi connectivity index (χ1v) is 6.06. The number of hydrogen-bond acceptors (Lipinski definition) is 5. The first-order valence-electron chi connectivity index (χ1n) is 6.06. The van der Waals surface area contributed by atoms with E-state index in [9.17, 15) is 4.39 Å². The number of nitrogens with zero attached hydrogens (tertiary/aromatic N) is 2. The predicted octanol–water partition coefficient (Wildman–Crippen LogP) is 2.55. The van der Waals surface area contributed by atoms with E-state index in [-0.39, 0.29) is 11.8 Å². The highest BCUT2D eigenvalue weighted by atomic mass is 19.1. The third-order valence-corrected chi connectivity index (χ3v) is 2.72. The summed E-state index contributed by atoms with van der Waals surface area (Å²) in [6, 6.07) is 4.49. The summed E-state index contributed by atoms with van der Waals surface area (Å²) in [5.41, 5.74) is 0.528. The van der Waals surface area contributed by atoms with Crippen molar-refractivity contribution in [2.75, 3.05) is 13.7 Å². The van der Waals surface area contributed by atoms with Gasteiger partial charge in [-0.25, -0.2) is 4.39 Å². The lowest BCUT2D eigenvalue weighted by atomic mass is 10.2. The molecule has 0 spiro atoms. The van der Waals surface area contributed by atoms with Crippen molar-refractivity contribution >= 4 is 0 Å². The Hall–Kier alpha value is -1.95. The van der Waals surface area contributed by atoms with E-state index in [0.29, 0.717) is 17.3 Å². The van der Waals surface area contributed by atoms with Crippen molar-refractivity contribution in [3.05, 3.63) is 29.9 Å². The molecule has 0 aliphatic carbocycles. The van der Waals surface area contributed by atoms with Crippen LogP contribution in [0.3, 0.4) is 0 Å². The fourth-order valence-electron chi connectivity index (χ4n) is 1.72. The molecule has 2 aromatic rings. The van der Waals surface area contributed by atoms with Crippen LogP contribution in [0.25, 0.3) is 11.5 Å². The smallest absolute Gasteiger partial charge is 0.247 e. The number of hydrogen-bond donors (Lipinski definition) is 1. The molecule has 0 radical (unpaired) electrons. The molecule has 1 atom stereocenters. The molecule has 0 amide bonds. The lowest BCUT2D eigenvalue weighted by Crippen LogP contribution is -2.17. The fraction of sp³-hybridized carbons (Fsp3) is 0.385. The van der Waals surface area contributed by atoms with Crippen molar-refractivity contribution in [3.63, 3.8) is 0 Å². The maximum Gasteiger partial charge on any atom is 0.247 e. The zero-order valence-corrected chi connectivity index (χ0v) is 11.1. The van der Waals surface area contributed by atoms with Crippen LogP contribution < -0.4 is 10.1 Å². The summed E-state index contributed by atoms with van der Waals surface area (Å²) in [5.74, 6) is 0.498. The molecule has 0 saturated carbocycles. The van der Waals surface area contributed by atoms with Crippen molar-refractivity contribution in [1.29, 1.82) is 0 Å². The lowest BCUT2D eigenvalue weighted by molar-refractivity contribution is 0.386. The molecule has 0 aliphatic rings. The summed E-state index contributed by atoms with van der Waals surface area (Å²) >= 11 is 0. The topological polar surface area (TPSA) is 60.2 Å². The van der Waals surface area contributed by atoms with Crippen LogP contribution in [0.15, 0.2) is 22.6 Å². The van der Waals surface area contributed by atoms with Crippen molar-refractivity contribution in [3.8, 4) is 17.2 Å². The Labute approximate surface area is 110 Å². The van der Waals surface area contributed by atoms with Gasteiger partial charge < -0.3 is 14.5 Å². The summed E-state index contributed by atoms with van der Waals surface area (Å²) in [5, 5.41) is 11.0. The van der Waals surface area contributed by atoms with Crippen LogP contribution in [0, 0.1) is 5.82 Å². The van der Waals surface area contributed by atoms with Crippen molar-refractivity contribution < 1.29 is 13.5 Å². The maximum atomic E-state index is 13.6. The van der Waals surface area contributed by atoms with E-state index in [1.807, 2.05) is 13.8 Å². The SMILES string of the molecule is CCNC(C)c1nnc(-c2ccc(OC)c(F)c2)o1. The monoisotopic (exact) mass is 265 g/mol. The fourth-order valence-corrected chi connectivity index (χ4v) is 1.72. The molecule has 1 heterocycles. The number of benzene rings is 1. The Balaban J connectivity index is 2.25. The zero-order valence-electron chi connectivity index (χ0n) is 11.1. The number of nitrogens with one attached hydrogen (secondary N) is 1. The van der Waals surface area contributed by atoms with E-state index in [2.05, 4.69) is 15.5 Å². The number of ether oxygens (including phenoxy) is 1. The molecule has 6 heteroatoms. The molecule has 1 aromatic carbocycles. The van der Waals surface area contributed by atoms with Gasteiger partial charge in [-0.3, -0.25) is 0 Å². The Kier molecular flexibility index (Phi) is 4.11. The molecule has 0 saturated heterocycles. The van der Waals surface area contributed by atoms with Gasteiger partial charge in [0.15, 0.2) is 11.6 Å². The van der Waals surface area contributed by atoms with E-state index in [1.165, 1.54) is 19.2 Å². The molecular weight excluding hydrogens is 249 g/mol. The quantitative estimate of drug-likeness (QED) is 0.900. The molecule has 0 aliphatic heterocycles. The molecule has 1 aromatic heterocycles. The van der Waals surface area contributed by atoms with Crippen LogP contribution in [0.5, 0.6) is 5.75 Å². The van der Waals surface area contributed by atoms with Crippen LogP contribution in [-0.4, -0.2) is 23.9 Å². The van der Waals surface area contributed by atoms with E-state index in [1.54, 1.807) is 6.07 Å². The van der Waals surface area contributed by atoms with Gasteiger partial charge in [0.05, 0.1) is 13.2 Å². The van der Waals surface area contributed by atoms with Gasteiger partial charge in [-0.05, 0) is 31.7 Å². The minimum atomic E-state index is -0.459. The number of methoxy groups -OCH3 is 1. The van der Waals surface area contributed by atoms with E-state index < -0.39 is 5.82 Å². The van der Waals surface area contributed by atoms with Gasteiger partial charge in [0, 0.05) is 5.56 Å². The first-order chi connectivity index (χ1) is 9.15. The third-order valence-electron chi connectivity index (χ3n) is 2.72. The average molecular weight is 265 g/mol. The van der Waals surface area contributed by atoms with Crippen LogP contribution in [0.2, 0.25) is 0 Å². The van der Waals surface area contributed by atoms with Crippen LogP contribution in [0.1, 0.15) is 25.8 Å². The Morgan fingerprint density at radius 2 is 2.21 bits per heavy atom. The number of aromatic nitrogens is 2. The Morgan fingerprint density at radius 3 is 2.84 bits per heavy atom. The first kappa shape index (κ1) is 13.5. The summed E-state index contributed by atoms with van der Waals surface area (Å²) in [6.45, 7) is 4.72. The van der Waals surface area contributed by atoms with Crippen molar-refractivity contribution in [1.82, 2.24) is 15.5 Å².